The number of carbonyl (C=O) groups is 1. The van der Waals surface area contributed by atoms with Crippen LogP contribution < -0.4 is 9.62 Å². The summed E-state index contributed by atoms with van der Waals surface area (Å²) in [6.45, 7) is 1.99. The second-order valence-corrected chi connectivity index (χ2v) is 9.04. The summed E-state index contributed by atoms with van der Waals surface area (Å²) >= 11 is 7.47. The molecule has 142 valence electrons. The van der Waals surface area contributed by atoms with E-state index >= 15 is 0 Å². The number of sulfonamides is 1. The summed E-state index contributed by atoms with van der Waals surface area (Å²) in [6, 6.07) is 9.18. The van der Waals surface area contributed by atoms with Crippen molar-refractivity contribution in [2.45, 2.75) is 18.7 Å². The first kappa shape index (κ1) is 20.7. The second-order valence-electron chi connectivity index (χ2n) is 5.63. The molecule has 6 nitrogen and oxygen atoms in total. The molecule has 1 amide bonds. The van der Waals surface area contributed by atoms with Crippen LogP contribution in [0.1, 0.15) is 12.7 Å². The minimum atomic E-state index is -3.63. The molecule has 0 aliphatic carbocycles. The van der Waals surface area contributed by atoms with E-state index in [4.69, 9.17) is 16.0 Å². The Morgan fingerprint density at radius 2 is 2.00 bits per heavy atom. The smallest absolute Gasteiger partial charge is 0.243 e. The summed E-state index contributed by atoms with van der Waals surface area (Å²) in [5.41, 5.74) is 0.395. The summed E-state index contributed by atoms with van der Waals surface area (Å²) in [6.07, 6.45) is 2.69. The summed E-state index contributed by atoms with van der Waals surface area (Å²) in [5.74, 6) is 1.93. The Balaban J connectivity index is 1.91. The molecule has 0 fully saturated rings. The van der Waals surface area contributed by atoms with E-state index in [9.17, 15) is 13.2 Å². The summed E-state index contributed by atoms with van der Waals surface area (Å²) < 4.78 is 30.7. The molecule has 0 saturated heterocycles. The summed E-state index contributed by atoms with van der Waals surface area (Å²) in [7, 11) is -3.63. The van der Waals surface area contributed by atoms with Crippen molar-refractivity contribution < 1.29 is 17.6 Å². The maximum Gasteiger partial charge on any atom is 0.243 e. The van der Waals surface area contributed by atoms with Gasteiger partial charge in [-0.2, -0.15) is 11.8 Å². The van der Waals surface area contributed by atoms with E-state index in [-0.39, 0.29) is 5.91 Å². The Bertz CT molecular complexity index is 808. The van der Waals surface area contributed by atoms with E-state index < -0.39 is 16.1 Å². The largest absolute Gasteiger partial charge is 0.468 e. The Kier molecular flexibility index (Phi) is 7.43. The van der Waals surface area contributed by atoms with Gasteiger partial charge in [-0.05, 0) is 43.3 Å². The molecule has 1 atom stereocenters. The Hall–Kier alpha value is -1.64. The molecule has 0 aliphatic rings. The molecular formula is C17H21ClN2O4S2. The maximum atomic E-state index is 12.4. The van der Waals surface area contributed by atoms with Gasteiger partial charge in [0.2, 0.25) is 15.9 Å². The lowest BCUT2D eigenvalue weighted by Gasteiger charge is -2.28. The monoisotopic (exact) mass is 416 g/mol. The first-order valence-corrected chi connectivity index (χ1v) is 11.3. The lowest BCUT2D eigenvalue weighted by atomic mass is 10.2. The van der Waals surface area contributed by atoms with Crippen molar-refractivity contribution in [2.75, 3.05) is 22.9 Å². The number of hydrogen-bond acceptors (Lipinski definition) is 5. The first-order chi connectivity index (χ1) is 12.3. The maximum absolute atomic E-state index is 12.4. The van der Waals surface area contributed by atoms with Crippen LogP contribution in [0.15, 0.2) is 47.1 Å². The minimum absolute atomic E-state index is 0.357. The third kappa shape index (κ3) is 5.96. The van der Waals surface area contributed by atoms with Gasteiger partial charge in [0.1, 0.15) is 11.8 Å². The van der Waals surface area contributed by atoms with Crippen LogP contribution in [0.4, 0.5) is 5.69 Å². The number of nitrogens with zero attached hydrogens (tertiary/aromatic N) is 1. The van der Waals surface area contributed by atoms with Crippen molar-refractivity contribution in [1.29, 1.82) is 0 Å². The number of benzene rings is 1. The molecular weight excluding hydrogens is 396 g/mol. The lowest BCUT2D eigenvalue weighted by Crippen LogP contribution is -2.48. The Morgan fingerprint density at radius 1 is 1.31 bits per heavy atom. The summed E-state index contributed by atoms with van der Waals surface area (Å²) in [4.78, 5) is 12.4. The van der Waals surface area contributed by atoms with Gasteiger partial charge in [0, 0.05) is 17.3 Å². The van der Waals surface area contributed by atoms with Gasteiger partial charge < -0.3 is 9.73 Å². The molecule has 2 rings (SSSR count). The highest BCUT2D eigenvalue weighted by Gasteiger charge is 2.28. The number of rotatable bonds is 9. The van der Waals surface area contributed by atoms with Crippen LogP contribution in [0.2, 0.25) is 5.02 Å². The van der Waals surface area contributed by atoms with Gasteiger partial charge in [0.05, 0.1) is 24.0 Å². The molecule has 0 unspecified atom stereocenters. The van der Waals surface area contributed by atoms with Crippen molar-refractivity contribution in [2.24, 2.45) is 0 Å². The molecule has 0 saturated carbocycles. The fraction of sp³-hybridized carbons (Fsp3) is 0.353. The molecule has 0 aliphatic heterocycles. The fourth-order valence-corrected chi connectivity index (χ4v) is 4.42. The van der Waals surface area contributed by atoms with Crippen LogP contribution in [-0.4, -0.2) is 38.9 Å². The number of anilines is 1. The van der Waals surface area contributed by atoms with E-state index in [1.54, 1.807) is 49.2 Å². The Morgan fingerprint density at radius 3 is 2.58 bits per heavy atom. The SMILES string of the molecule is C[C@@H](C(=O)NCCSCc1ccco1)N(c1ccc(Cl)cc1)S(C)(=O)=O. The fourth-order valence-electron chi connectivity index (χ4n) is 2.36. The van der Waals surface area contributed by atoms with Crippen molar-refractivity contribution in [3.8, 4) is 0 Å². The topological polar surface area (TPSA) is 79.6 Å². The van der Waals surface area contributed by atoms with Gasteiger partial charge in [-0.3, -0.25) is 9.10 Å². The van der Waals surface area contributed by atoms with E-state index in [0.717, 1.165) is 22.1 Å². The van der Waals surface area contributed by atoms with E-state index in [2.05, 4.69) is 5.32 Å². The highest BCUT2D eigenvalue weighted by Crippen LogP contribution is 2.23. The number of hydrogen-bond donors (Lipinski definition) is 1. The average Bonchev–Trinajstić information content (AvgIpc) is 3.08. The molecule has 0 bridgehead atoms. The van der Waals surface area contributed by atoms with Gasteiger partial charge in [0.25, 0.3) is 0 Å². The van der Waals surface area contributed by atoms with E-state index in [1.165, 1.54) is 0 Å². The third-order valence-corrected chi connectivity index (χ3v) is 6.01. The zero-order valence-electron chi connectivity index (χ0n) is 14.5. The highest BCUT2D eigenvalue weighted by atomic mass is 35.5. The first-order valence-electron chi connectivity index (χ1n) is 7.92. The normalized spacial score (nSPS) is 12.6. The number of thioether (sulfide) groups is 1. The average molecular weight is 417 g/mol. The second kappa shape index (κ2) is 9.34. The van der Waals surface area contributed by atoms with Crippen LogP contribution in [0, 0.1) is 0 Å². The van der Waals surface area contributed by atoms with Gasteiger partial charge in [-0.1, -0.05) is 11.6 Å². The third-order valence-electron chi connectivity index (χ3n) is 3.54. The molecule has 1 N–H and O–H groups in total. The minimum Gasteiger partial charge on any atom is -0.468 e. The molecule has 1 aromatic carbocycles. The van der Waals surface area contributed by atoms with Gasteiger partial charge in [0.15, 0.2) is 0 Å². The van der Waals surface area contributed by atoms with Gasteiger partial charge in [-0.15, -0.1) is 0 Å². The van der Waals surface area contributed by atoms with Crippen LogP contribution in [0.3, 0.4) is 0 Å². The number of amides is 1. The molecule has 0 spiro atoms. The molecule has 1 heterocycles. The van der Waals surface area contributed by atoms with Crippen LogP contribution in [0.25, 0.3) is 0 Å². The number of nitrogens with one attached hydrogen (secondary N) is 1. The van der Waals surface area contributed by atoms with E-state index in [0.29, 0.717) is 23.0 Å². The van der Waals surface area contributed by atoms with Crippen molar-refractivity contribution in [3.63, 3.8) is 0 Å². The van der Waals surface area contributed by atoms with Crippen LogP contribution in [0.5, 0.6) is 0 Å². The van der Waals surface area contributed by atoms with Crippen LogP contribution >= 0.6 is 23.4 Å². The van der Waals surface area contributed by atoms with Gasteiger partial charge >= 0.3 is 0 Å². The quantitative estimate of drug-likeness (QED) is 0.635. The van der Waals surface area contributed by atoms with Crippen LogP contribution in [-0.2, 0) is 20.6 Å². The molecule has 0 radical (unpaired) electrons. The Labute approximate surface area is 162 Å². The molecule has 26 heavy (non-hydrogen) atoms. The summed E-state index contributed by atoms with van der Waals surface area (Å²) in [5, 5.41) is 3.27. The van der Waals surface area contributed by atoms with Gasteiger partial charge in [-0.25, -0.2) is 8.42 Å². The van der Waals surface area contributed by atoms with Crippen molar-refractivity contribution >= 4 is 45.0 Å². The molecule has 9 heteroatoms. The predicted octanol–water partition coefficient (Wildman–Crippen LogP) is 3.14. The lowest BCUT2D eigenvalue weighted by molar-refractivity contribution is -0.121. The van der Waals surface area contributed by atoms with E-state index in [1.807, 2.05) is 12.1 Å². The predicted molar refractivity (Wildman–Crippen MR) is 106 cm³/mol. The van der Waals surface area contributed by atoms with Crippen molar-refractivity contribution in [1.82, 2.24) is 5.32 Å². The van der Waals surface area contributed by atoms with Crippen molar-refractivity contribution in [3.05, 3.63) is 53.4 Å². The molecule has 1 aromatic heterocycles. The number of halogens is 1. The zero-order valence-corrected chi connectivity index (χ0v) is 16.9. The standard InChI is InChI=1S/C17H21ClN2O4S2/c1-13(17(21)19-9-11-25-12-16-4-3-10-24-16)20(26(2,22)23)15-7-5-14(18)6-8-15/h3-8,10,13H,9,11-12H2,1-2H3,(H,19,21)/t13-/m0/s1. The number of carbonyl (C=O) groups excluding carboxylic acids is 1. The molecule has 2 aromatic rings. The number of furan rings is 1. The highest BCUT2D eigenvalue weighted by molar-refractivity contribution is 7.98. The zero-order chi connectivity index (χ0) is 19.2.